The molecule has 1 atom stereocenters. The first-order valence-electron chi connectivity index (χ1n) is 12.3. The summed E-state index contributed by atoms with van der Waals surface area (Å²) >= 11 is 0. The highest BCUT2D eigenvalue weighted by Crippen LogP contribution is 2.43. The summed E-state index contributed by atoms with van der Waals surface area (Å²) in [5.41, 5.74) is 0.843. The van der Waals surface area contributed by atoms with E-state index in [4.69, 9.17) is 13.9 Å². The van der Waals surface area contributed by atoms with Gasteiger partial charge in [0.2, 0.25) is 0 Å². The highest BCUT2D eigenvalue weighted by atomic mass is 16.5. The third kappa shape index (κ3) is 5.15. The molecule has 1 N–H and O–H groups in total. The Morgan fingerprint density at radius 2 is 1.75 bits per heavy atom. The number of furan rings is 1. The highest BCUT2D eigenvalue weighted by Gasteiger charge is 2.48. The third-order valence-corrected chi connectivity index (χ3v) is 6.03. The molecule has 4 rings (SSSR count). The minimum Gasteiger partial charge on any atom is -0.507 e. The van der Waals surface area contributed by atoms with Crippen LogP contribution in [-0.2, 0) is 9.59 Å². The van der Waals surface area contributed by atoms with Crippen molar-refractivity contribution in [3.8, 4) is 11.5 Å². The Balaban J connectivity index is 1.73. The van der Waals surface area contributed by atoms with E-state index in [9.17, 15) is 14.7 Å². The molecule has 1 aliphatic heterocycles. The minimum atomic E-state index is -0.930. The number of nitrogens with zero attached hydrogens (tertiary/aromatic N) is 1. The number of rotatable bonds is 10. The largest absolute Gasteiger partial charge is 0.507 e. The maximum Gasteiger partial charge on any atom is 0.300 e. The SMILES string of the molecule is CCCCCOc1ccc(/C(O)=C2/C(=O)C(=O)N(c3cccc(OCC)c3)C2c2ccc(C)o2)cc1. The molecule has 1 amide bonds. The number of carbonyl (C=O) groups excluding carboxylic acids is 2. The molecule has 0 radical (unpaired) electrons. The van der Waals surface area contributed by atoms with Crippen molar-refractivity contribution in [1.82, 2.24) is 0 Å². The molecule has 0 bridgehead atoms. The van der Waals surface area contributed by atoms with Crippen LogP contribution < -0.4 is 14.4 Å². The number of unbranched alkanes of at least 4 members (excludes halogenated alkanes) is 2. The van der Waals surface area contributed by atoms with Gasteiger partial charge in [0.15, 0.2) is 0 Å². The zero-order valence-corrected chi connectivity index (χ0v) is 20.8. The molecule has 7 nitrogen and oxygen atoms in total. The lowest BCUT2D eigenvalue weighted by Gasteiger charge is -2.24. The zero-order chi connectivity index (χ0) is 25.7. The Kier molecular flexibility index (Phi) is 7.78. The summed E-state index contributed by atoms with van der Waals surface area (Å²) in [5, 5.41) is 11.3. The number of amides is 1. The van der Waals surface area contributed by atoms with Gasteiger partial charge in [-0.25, -0.2) is 0 Å². The fraction of sp³-hybridized carbons (Fsp3) is 0.310. The number of benzene rings is 2. The summed E-state index contributed by atoms with van der Waals surface area (Å²) in [6, 6.07) is 16.3. The summed E-state index contributed by atoms with van der Waals surface area (Å²) < 4.78 is 17.2. The van der Waals surface area contributed by atoms with Gasteiger partial charge in [-0.15, -0.1) is 0 Å². The van der Waals surface area contributed by atoms with Gasteiger partial charge in [-0.05, 0) is 68.8 Å². The Hall–Kier alpha value is -4.00. The molecular formula is C29H31NO6. The van der Waals surface area contributed by atoms with Crippen molar-refractivity contribution in [2.24, 2.45) is 0 Å². The van der Waals surface area contributed by atoms with Gasteiger partial charge in [-0.3, -0.25) is 14.5 Å². The van der Waals surface area contributed by atoms with Crippen molar-refractivity contribution < 1.29 is 28.6 Å². The smallest absolute Gasteiger partial charge is 0.300 e. The summed E-state index contributed by atoms with van der Waals surface area (Å²) in [6.45, 7) is 6.86. The van der Waals surface area contributed by atoms with Gasteiger partial charge in [0, 0.05) is 17.3 Å². The second kappa shape index (κ2) is 11.2. The number of hydrogen-bond donors (Lipinski definition) is 1. The van der Waals surface area contributed by atoms with E-state index >= 15 is 0 Å². The second-order valence-electron chi connectivity index (χ2n) is 8.63. The van der Waals surface area contributed by atoms with E-state index in [1.807, 2.05) is 6.92 Å². The van der Waals surface area contributed by atoms with Gasteiger partial charge < -0.3 is 19.0 Å². The number of aliphatic hydroxyl groups is 1. The summed E-state index contributed by atoms with van der Waals surface area (Å²) in [7, 11) is 0. The standard InChI is InChI=1S/C29H31NO6/c1-4-6-7-17-35-22-14-12-20(13-15-22)27(31)25-26(24-16-11-19(3)36-24)30(29(33)28(25)32)21-9-8-10-23(18-21)34-5-2/h8-16,18,26,31H,4-7,17H2,1-3H3/b27-25-. The average Bonchev–Trinajstić information content (AvgIpc) is 3.42. The number of aryl methyl sites for hydroxylation is 1. The van der Waals surface area contributed by atoms with Crippen molar-refractivity contribution in [3.05, 3.63) is 83.3 Å². The Bertz CT molecular complexity index is 1260. The first-order valence-corrected chi connectivity index (χ1v) is 12.3. The van der Waals surface area contributed by atoms with Crippen molar-refractivity contribution in [2.45, 2.75) is 46.1 Å². The van der Waals surface area contributed by atoms with E-state index < -0.39 is 17.7 Å². The summed E-state index contributed by atoms with van der Waals surface area (Å²) in [5.74, 6) is 0.450. The molecule has 188 valence electrons. The molecule has 1 aromatic heterocycles. The van der Waals surface area contributed by atoms with Crippen LogP contribution in [-0.4, -0.2) is 30.0 Å². The van der Waals surface area contributed by atoms with Crippen molar-refractivity contribution in [3.63, 3.8) is 0 Å². The number of hydrogen-bond acceptors (Lipinski definition) is 6. The molecule has 7 heteroatoms. The van der Waals surface area contributed by atoms with E-state index in [2.05, 4.69) is 6.92 Å². The number of ketones is 1. The Morgan fingerprint density at radius 1 is 0.972 bits per heavy atom. The van der Waals surface area contributed by atoms with Gasteiger partial charge in [0.1, 0.15) is 34.8 Å². The number of aliphatic hydroxyl groups excluding tert-OH is 1. The van der Waals surface area contributed by atoms with Crippen LogP contribution in [0, 0.1) is 6.92 Å². The van der Waals surface area contributed by atoms with Crippen LogP contribution >= 0.6 is 0 Å². The Morgan fingerprint density at radius 3 is 2.42 bits per heavy atom. The minimum absolute atomic E-state index is 0.0345. The molecule has 1 fully saturated rings. The molecule has 1 saturated heterocycles. The van der Waals surface area contributed by atoms with E-state index in [-0.39, 0.29) is 11.3 Å². The van der Waals surface area contributed by atoms with Crippen LogP contribution in [0.1, 0.15) is 56.2 Å². The van der Waals surface area contributed by atoms with Gasteiger partial charge in [0.05, 0.1) is 18.8 Å². The molecule has 0 saturated carbocycles. The maximum atomic E-state index is 13.3. The summed E-state index contributed by atoms with van der Waals surface area (Å²) in [6.07, 6.45) is 3.17. The van der Waals surface area contributed by atoms with Gasteiger partial charge in [-0.1, -0.05) is 25.8 Å². The van der Waals surface area contributed by atoms with Crippen LogP contribution in [0.5, 0.6) is 11.5 Å². The van der Waals surface area contributed by atoms with E-state index in [1.54, 1.807) is 67.6 Å². The number of carbonyl (C=O) groups is 2. The predicted molar refractivity (Wildman–Crippen MR) is 137 cm³/mol. The lowest BCUT2D eigenvalue weighted by molar-refractivity contribution is -0.132. The molecule has 3 aromatic rings. The molecule has 1 aliphatic rings. The molecule has 0 spiro atoms. The van der Waals surface area contributed by atoms with Crippen LogP contribution in [0.25, 0.3) is 5.76 Å². The monoisotopic (exact) mass is 489 g/mol. The topological polar surface area (TPSA) is 89.2 Å². The molecule has 1 unspecified atom stereocenters. The first-order chi connectivity index (χ1) is 17.4. The molecule has 2 aromatic carbocycles. The molecule has 36 heavy (non-hydrogen) atoms. The fourth-order valence-corrected chi connectivity index (χ4v) is 4.26. The van der Waals surface area contributed by atoms with E-state index in [0.717, 1.165) is 19.3 Å². The predicted octanol–water partition coefficient (Wildman–Crippen LogP) is 6.18. The molecule has 2 heterocycles. The van der Waals surface area contributed by atoms with Gasteiger partial charge in [-0.2, -0.15) is 0 Å². The van der Waals surface area contributed by atoms with Crippen LogP contribution in [0.3, 0.4) is 0 Å². The van der Waals surface area contributed by atoms with E-state index in [0.29, 0.717) is 47.5 Å². The van der Waals surface area contributed by atoms with Crippen LogP contribution in [0.4, 0.5) is 5.69 Å². The highest BCUT2D eigenvalue weighted by molar-refractivity contribution is 6.51. The number of anilines is 1. The van der Waals surface area contributed by atoms with Crippen molar-refractivity contribution >= 4 is 23.1 Å². The quantitative estimate of drug-likeness (QED) is 0.158. The second-order valence-corrected chi connectivity index (χ2v) is 8.63. The Labute approximate surface area is 210 Å². The maximum absolute atomic E-state index is 13.3. The molecule has 0 aliphatic carbocycles. The lowest BCUT2D eigenvalue weighted by Crippen LogP contribution is -2.29. The van der Waals surface area contributed by atoms with E-state index in [1.165, 1.54) is 4.90 Å². The number of ether oxygens (including phenoxy) is 2. The van der Waals surface area contributed by atoms with Crippen LogP contribution in [0.15, 0.2) is 70.7 Å². The average molecular weight is 490 g/mol. The van der Waals surface area contributed by atoms with Gasteiger partial charge in [0.25, 0.3) is 11.7 Å². The summed E-state index contributed by atoms with van der Waals surface area (Å²) in [4.78, 5) is 27.9. The first kappa shape index (κ1) is 25.1. The van der Waals surface area contributed by atoms with Crippen molar-refractivity contribution in [1.29, 1.82) is 0 Å². The molecular weight excluding hydrogens is 458 g/mol. The van der Waals surface area contributed by atoms with Crippen LogP contribution in [0.2, 0.25) is 0 Å². The zero-order valence-electron chi connectivity index (χ0n) is 20.8. The van der Waals surface area contributed by atoms with Gasteiger partial charge >= 0.3 is 0 Å². The normalized spacial score (nSPS) is 17.0. The fourth-order valence-electron chi connectivity index (χ4n) is 4.26. The number of Topliss-reactive ketones (excluding diaryl/α,β-unsaturated/α-hetero) is 1. The van der Waals surface area contributed by atoms with Crippen molar-refractivity contribution in [2.75, 3.05) is 18.1 Å². The third-order valence-electron chi connectivity index (χ3n) is 6.03. The lowest BCUT2D eigenvalue weighted by atomic mass is 9.99.